The molecule has 3 rings (SSSR count). The van der Waals surface area contributed by atoms with Crippen molar-refractivity contribution in [1.82, 2.24) is 4.98 Å². The van der Waals surface area contributed by atoms with Gasteiger partial charge in [0.05, 0.1) is 5.52 Å². The Morgan fingerprint density at radius 3 is 2.80 bits per heavy atom. The van der Waals surface area contributed by atoms with Crippen LogP contribution in [0.1, 0.15) is 5.56 Å². The van der Waals surface area contributed by atoms with E-state index in [0.717, 1.165) is 22.0 Å². The fourth-order valence-electron chi connectivity index (χ4n) is 2.05. The van der Waals surface area contributed by atoms with E-state index >= 15 is 0 Å². The van der Waals surface area contributed by atoms with Crippen molar-refractivity contribution in [3.63, 3.8) is 0 Å². The summed E-state index contributed by atoms with van der Waals surface area (Å²) in [5.74, 6) is 1.17. The quantitative estimate of drug-likeness (QED) is 0.591. The Labute approximate surface area is 124 Å². The molecule has 0 fully saturated rings. The van der Waals surface area contributed by atoms with Gasteiger partial charge in [-0.05, 0) is 29.8 Å². The number of aromatic nitrogens is 1. The first-order valence-electron chi connectivity index (χ1n) is 6.28. The molecule has 1 N–H and O–H groups in total. The Bertz CT molecular complexity index is 755. The van der Waals surface area contributed by atoms with Crippen molar-refractivity contribution in [2.75, 3.05) is 0 Å². The van der Waals surface area contributed by atoms with Gasteiger partial charge in [0.25, 0.3) is 0 Å². The van der Waals surface area contributed by atoms with Gasteiger partial charge in [-0.1, -0.05) is 24.3 Å². The Kier molecular flexibility index (Phi) is 3.90. The van der Waals surface area contributed by atoms with Crippen molar-refractivity contribution < 1.29 is 5.11 Å². The SMILES string of the molecule is Oc1ccc(CSc2cccc3cccnc23)cc1P. The average Bonchev–Trinajstić information content (AvgIpc) is 2.48. The Hall–Kier alpha value is -1.57. The van der Waals surface area contributed by atoms with Gasteiger partial charge in [-0.3, -0.25) is 4.98 Å². The summed E-state index contributed by atoms with van der Waals surface area (Å²) in [6.07, 6.45) is 1.83. The zero-order chi connectivity index (χ0) is 13.9. The van der Waals surface area contributed by atoms with Gasteiger partial charge in [0.15, 0.2) is 0 Å². The van der Waals surface area contributed by atoms with Gasteiger partial charge >= 0.3 is 0 Å². The van der Waals surface area contributed by atoms with E-state index in [-0.39, 0.29) is 0 Å². The lowest BCUT2D eigenvalue weighted by atomic mass is 10.2. The smallest absolute Gasteiger partial charge is 0.122 e. The summed E-state index contributed by atoms with van der Waals surface area (Å²) in [6, 6.07) is 15.9. The third kappa shape index (κ3) is 2.79. The van der Waals surface area contributed by atoms with Gasteiger partial charge in [0.1, 0.15) is 5.75 Å². The molecular formula is C16H14NOPS. The number of para-hydroxylation sites is 1. The van der Waals surface area contributed by atoms with Crippen LogP contribution in [0.2, 0.25) is 0 Å². The maximum atomic E-state index is 9.53. The van der Waals surface area contributed by atoms with E-state index in [9.17, 15) is 5.11 Å². The number of hydrogen-bond acceptors (Lipinski definition) is 3. The zero-order valence-electron chi connectivity index (χ0n) is 10.8. The number of pyridine rings is 1. The number of hydrogen-bond donors (Lipinski definition) is 1. The number of benzene rings is 2. The number of aromatic hydroxyl groups is 1. The molecule has 0 aliphatic heterocycles. The van der Waals surface area contributed by atoms with Crippen LogP contribution in [0.3, 0.4) is 0 Å². The second-order valence-corrected chi connectivity index (χ2v) is 6.15. The highest BCUT2D eigenvalue weighted by atomic mass is 32.2. The Morgan fingerprint density at radius 1 is 1.10 bits per heavy atom. The summed E-state index contributed by atoms with van der Waals surface area (Å²) in [4.78, 5) is 5.64. The zero-order valence-corrected chi connectivity index (χ0v) is 12.8. The third-order valence-electron chi connectivity index (χ3n) is 3.08. The first-order chi connectivity index (χ1) is 9.74. The Balaban J connectivity index is 1.85. The summed E-state index contributed by atoms with van der Waals surface area (Å²) >= 11 is 1.76. The molecule has 0 radical (unpaired) electrons. The molecule has 0 saturated carbocycles. The number of rotatable bonds is 3. The largest absolute Gasteiger partial charge is 0.507 e. The first-order valence-corrected chi connectivity index (χ1v) is 7.84. The molecule has 1 unspecified atom stereocenters. The van der Waals surface area contributed by atoms with Gasteiger partial charge in [0, 0.05) is 27.5 Å². The molecule has 1 heterocycles. The van der Waals surface area contributed by atoms with Crippen LogP contribution < -0.4 is 5.30 Å². The van der Waals surface area contributed by atoms with E-state index in [1.165, 1.54) is 10.5 Å². The molecule has 2 nitrogen and oxygen atoms in total. The summed E-state index contributed by atoms with van der Waals surface area (Å²) in [5.41, 5.74) is 2.23. The van der Waals surface area contributed by atoms with E-state index in [0.29, 0.717) is 5.75 Å². The van der Waals surface area contributed by atoms with Crippen LogP contribution in [-0.4, -0.2) is 10.1 Å². The van der Waals surface area contributed by atoms with Crippen molar-refractivity contribution in [1.29, 1.82) is 0 Å². The Morgan fingerprint density at radius 2 is 1.95 bits per heavy atom. The fourth-order valence-corrected chi connectivity index (χ4v) is 3.34. The highest BCUT2D eigenvalue weighted by Crippen LogP contribution is 2.29. The highest BCUT2D eigenvalue weighted by Gasteiger charge is 2.04. The molecule has 1 atom stereocenters. The van der Waals surface area contributed by atoms with E-state index in [4.69, 9.17) is 0 Å². The average molecular weight is 299 g/mol. The molecule has 0 aliphatic rings. The van der Waals surface area contributed by atoms with Crippen molar-refractivity contribution in [2.24, 2.45) is 0 Å². The first kappa shape index (κ1) is 13.4. The van der Waals surface area contributed by atoms with Crippen molar-refractivity contribution in [2.45, 2.75) is 10.6 Å². The number of phenols is 1. The summed E-state index contributed by atoms with van der Waals surface area (Å²) in [6.45, 7) is 0. The molecule has 2 aromatic carbocycles. The van der Waals surface area contributed by atoms with Crippen molar-refractivity contribution >= 4 is 37.2 Å². The van der Waals surface area contributed by atoms with Gasteiger partial charge in [-0.25, -0.2) is 0 Å². The lowest BCUT2D eigenvalue weighted by Gasteiger charge is -2.07. The second-order valence-electron chi connectivity index (χ2n) is 4.51. The molecule has 0 spiro atoms. The molecule has 1 aromatic heterocycles. The minimum absolute atomic E-state index is 0.315. The molecule has 100 valence electrons. The standard InChI is InChI=1S/C16H14NOPS/c18-13-7-6-11(9-14(13)19)10-20-15-5-1-3-12-4-2-8-17-16(12)15/h1-9,18H,10,19H2. The van der Waals surface area contributed by atoms with Crippen molar-refractivity contribution in [3.8, 4) is 5.75 Å². The van der Waals surface area contributed by atoms with Gasteiger partial charge < -0.3 is 5.11 Å². The molecule has 4 heteroatoms. The van der Waals surface area contributed by atoms with E-state index in [2.05, 4.69) is 38.5 Å². The molecule has 0 bridgehead atoms. The predicted octanol–water partition coefficient (Wildman–Crippen LogP) is 3.73. The maximum absolute atomic E-state index is 9.53. The van der Waals surface area contributed by atoms with E-state index < -0.39 is 0 Å². The normalized spacial score (nSPS) is 10.8. The highest BCUT2D eigenvalue weighted by molar-refractivity contribution is 7.98. The lowest BCUT2D eigenvalue weighted by molar-refractivity contribution is 0.480. The number of fused-ring (bicyclic) bond motifs is 1. The van der Waals surface area contributed by atoms with E-state index in [1.807, 2.05) is 24.4 Å². The summed E-state index contributed by atoms with van der Waals surface area (Å²) < 4.78 is 0. The van der Waals surface area contributed by atoms with Crippen LogP contribution in [0.4, 0.5) is 0 Å². The topological polar surface area (TPSA) is 33.1 Å². The maximum Gasteiger partial charge on any atom is 0.122 e. The van der Waals surface area contributed by atoms with Crippen LogP contribution in [-0.2, 0) is 5.75 Å². The van der Waals surface area contributed by atoms with Crippen LogP contribution in [0.25, 0.3) is 10.9 Å². The molecule has 0 aliphatic carbocycles. The minimum atomic E-state index is 0.315. The predicted molar refractivity (Wildman–Crippen MR) is 88.8 cm³/mol. The molecule has 0 saturated heterocycles. The van der Waals surface area contributed by atoms with Gasteiger partial charge in [0.2, 0.25) is 0 Å². The second kappa shape index (κ2) is 5.82. The van der Waals surface area contributed by atoms with E-state index in [1.54, 1.807) is 17.8 Å². The van der Waals surface area contributed by atoms with Crippen LogP contribution >= 0.6 is 21.0 Å². The summed E-state index contributed by atoms with van der Waals surface area (Å²) in [5, 5.41) is 11.5. The molecule has 3 aromatic rings. The van der Waals surface area contributed by atoms with Gasteiger partial charge in [-0.2, -0.15) is 0 Å². The fraction of sp³-hybridized carbons (Fsp3) is 0.0625. The van der Waals surface area contributed by atoms with Gasteiger partial charge in [-0.15, -0.1) is 21.0 Å². The monoisotopic (exact) mass is 299 g/mol. The number of phenolic OH excluding ortho intramolecular Hbond substituents is 1. The lowest BCUT2D eigenvalue weighted by Crippen LogP contribution is -1.93. The summed E-state index contributed by atoms with van der Waals surface area (Å²) in [7, 11) is 2.55. The number of thioether (sulfide) groups is 1. The van der Waals surface area contributed by atoms with Crippen LogP contribution in [0, 0.1) is 0 Å². The molecule has 0 amide bonds. The van der Waals surface area contributed by atoms with Crippen molar-refractivity contribution in [3.05, 3.63) is 60.3 Å². The van der Waals surface area contributed by atoms with Crippen LogP contribution in [0.15, 0.2) is 59.6 Å². The molecular weight excluding hydrogens is 285 g/mol. The third-order valence-corrected chi connectivity index (χ3v) is 4.66. The minimum Gasteiger partial charge on any atom is -0.507 e. The number of nitrogens with zero attached hydrogens (tertiary/aromatic N) is 1. The molecule has 20 heavy (non-hydrogen) atoms. The van der Waals surface area contributed by atoms with Crippen LogP contribution in [0.5, 0.6) is 5.75 Å².